The highest BCUT2D eigenvalue weighted by atomic mass is 35.5. The second kappa shape index (κ2) is 8.82. The maximum absolute atomic E-state index is 12.4. The van der Waals surface area contributed by atoms with Gasteiger partial charge in [0.2, 0.25) is 0 Å². The van der Waals surface area contributed by atoms with Crippen LogP contribution >= 0.6 is 11.6 Å². The van der Waals surface area contributed by atoms with Crippen LogP contribution in [0.2, 0.25) is 5.02 Å². The van der Waals surface area contributed by atoms with Gasteiger partial charge in [-0.05, 0) is 17.7 Å². The number of hydrogen-bond donors (Lipinski definition) is 0. The second-order valence-electron chi connectivity index (χ2n) is 4.93. The summed E-state index contributed by atoms with van der Waals surface area (Å²) in [5.74, 6) is 0.298. The Labute approximate surface area is 140 Å². The summed E-state index contributed by atoms with van der Waals surface area (Å²) >= 11 is 6.01. The molecule has 0 saturated heterocycles. The maximum atomic E-state index is 12.4. The fourth-order valence-corrected chi connectivity index (χ4v) is 2.26. The van der Waals surface area contributed by atoms with Crippen LogP contribution in [0.4, 0.5) is 0 Å². The minimum absolute atomic E-state index is 0.109. The highest BCUT2D eigenvalue weighted by Crippen LogP contribution is 2.23. The number of rotatable bonds is 7. The summed E-state index contributed by atoms with van der Waals surface area (Å²) in [7, 11) is 0. The normalized spacial score (nSPS) is 9.91. The van der Waals surface area contributed by atoms with Crippen molar-refractivity contribution < 1.29 is 9.53 Å². The lowest BCUT2D eigenvalue weighted by Crippen LogP contribution is -2.35. The Morgan fingerprint density at radius 3 is 2.52 bits per heavy atom. The molecule has 0 atom stereocenters. The first-order valence-electron chi connectivity index (χ1n) is 7.26. The van der Waals surface area contributed by atoms with E-state index < -0.39 is 0 Å². The number of carbonyl (C=O) groups is 1. The van der Waals surface area contributed by atoms with E-state index in [0.29, 0.717) is 23.9 Å². The van der Waals surface area contributed by atoms with E-state index in [1.54, 1.807) is 29.2 Å². The van der Waals surface area contributed by atoms with Crippen molar-refractivity contribution in [2.45, 2.75) is 13.0 Å². The van der Waals surface area contributed by atoms with Crippen molar-refractivity contribution in [2.75, 3.05) is 13.2 Å². The van der Waals surface area contributed by atoms with Crippen LogP contribution in [0, 0.1) is 11.3 Å². The molecule has 5 heteroatoms. The third-order valence-electron chi connectivity index (χ3n) is 3.25. The van der Waals surface area contributed by atoms with Gasteiger partial charge in [-0.25, -0.2) is 0 Å². The molecule has 1 amide bonds. The van der Waals surface area contributed by atoms with Gasteiger partial charge in [-0.2, -0.15) is 5.26 Å². The van der Waals surface area contributed by atoms with E-state index in [1.165, 1.54) is 0 Å². The molecule has 4 nitrogen and oxygen atoms in total. The Bertz CT molecular complexity index is 683. The Morgan fingerprint density at radius 1 is 1.13 bits per heavy atom. The summed E-state index contributed by atoms with van der Waals surface area (Å²) in [4.78, 5) is 14.0. The summed E-state index contributed by atoms with van der Waals surface area (Å²) < 4.78 is 5.49. The van der Waals surface area contributed by atoms with Crippen LogP contribution in [0.3, 0.4) is 0 Å². The van der Waals surface area contributed by atoms with Gasteiger partial charge >= 0.3 is 0 Å². The molecule has 0 aliphatic rings. The summed E-state index contributed by atoms with van der Waals surface area (Å²) in [6.45, 7) is 0.714. The van der Waals surface area contributed by atoms with Gasteiger partial charge in [-0.3, -0.25) is 4.79 Å². The van der Waals surface area contributed by atoms with E-state index >= 15 is 0 Å². The van der Waals surface area contributed by atoms with Crippen LogP contribution in [0.15, 0.2) is 54.6 Å². The van der Waals surface area contributed by atoms with Gasteiger partial charge in [-0.15, -0.1) is 0 Å². The van der Waals surface area contributed by atoms with Crippen molar-refractivity contribution >= 4 is 17.5 Å². The first kappa shape index (κ1) is 16.9. The van der Waals surface area contributed by atoms with Crippen molar-refractivity contribution in [3.63, 3.8) is 0 Å². The SMILES string of the molecule is N#CCCN(Cc1ccccc1)C(=O)COc1ccccc1Cl. The molecule has 0 heterocycles. The second-order valence-corrected chi connectivity index (χ2v) is 5.34. The van der Waals surface area contributed by atoms with Crippen LogP contribution in [0.1, 0.15) is 12.0 Å². The zero-order valence-electron chi connectivity index (χ0n) is 12.6. The molecule has 0 saturated carbocycles. The van der Waals surface area contributed by atoms with Gasteiger partial charge in [0.25, 0.3) is 5.91 Å². The van der Waals surface area contributed by atoms with E-state index in [0.717, 1.165) is 5.56 Å². The summed E-state index contributed by atoms with van der Waals surface area (Å²) in [6.07, 6.45) is 0.282. The third kappa shape index (κ3) is 5.32. The Morgan fingerprint density at radius 2 is 1.83 bits per heavy atom. The van der Waals surface area contributed by atoms with Gasteiger partial charge in [-0.1, -0.05) is 54.1 Å². The number of amides is 1. The van der Waals surface area contributed by atoms with Crippen molar-refractivity contribution in [1.82, 2.24) is 4.90 Å². The Balaban J connectivity index is 1.99. The number of carbonyl (C=O) groups excluding carboxylic acids is 1. The number of hydrogen-bond acceptors (Lipinski definition) is 3. The van der Waals surface area contributed by atoms with Gasteiger partial charge < -0.3 is 9.64 Å². The minimum Gasteiger partial charge on any atom is -0.482 e. The summed E-state index contributed by atoms with van der Waals surface area (Å²) in [5.41, 5.74) is 1.01. The third-order valence-corrected chi connectivity index (χ3v) is 3.56. The molecule has 0 spiro atoms. The van der Waals surface area contributed by atoms with Crippen LogP contribution in [-0.4, -0.2) is 24.0 Å². The number of ether oxygens (including phenoxy) is 1. The first-order chi connectivity index (χ1) is 11.2. The minimum atomic E-state index is -0.177. The predicted molar refractivity (Wildman–Crippen MR) is 89.0 cm³/mol. The molecule has 2 aromatic carbocycles. The molecular formula is C18H17ClN2O2. The van der Waals surface area contributed by atoms with Gasteiger partial charge in [0.05, 0.1) is 17.5 Å². The quantitative estimate of drug-likeness (QED) is 0.779. The molecule has 2 rings (SSSR count). The smallest absolute Gasteiger partial charge is 0.260 e. The largest absolute Gasteiger partial charge is 0.482 e. The fourth-order valence-electron chi connectivity index (χ4n) is 2.07. The van der Waals surface area contributed by atoms with Gasteiger partial charge in [0.15, 0.2) is 6.61 Å². The van der Waals surface area contributed by atoms with Crippen molar-refractivity contribution in [3.05, 3.63) is 65.2 Å². The molecular weight excluding hydrogens is 312 g/mol. The molecule has 23 heavy (non-hydrogen) atoms. The first-order valence-corrected chi connectivity index (χ1v) is 7.64. The molecule has 0 unspecified atom stereocenters. The van der Waals surface area contributed by atoms with Crippen LogP contribution in [0.25, 0.3) is 0 Å². The molecule has 118 valence electrons. The number of nitrogens with zero attached hydrogens (tertiary/aromatic N) is 2. The zero-order valence-corrected chi connectivity index (χ0v) is 13.4. The summed E-state index contributed by atoms with van der Waals surface area (Å²) in [5, 5.41) is 9.24. The summed E-state index contributed by atoms with van der Waals surface area (Å²) in [6, 6.07) is 18.7. The molecule has 0 aromatic heterocycles. The average Bonchev–Trinajstić information content (AvgIpc) is 2.58. The zero-order chi connectivity index (χ0) is 16.5. The van der Waals surface area contributed by atoms with E-state index in [1.807, 2.05) is 30.3 Å². The standard InChI is InChI=1S/C18H17ClN2O2/c19-16-9-4-5-10-17(16)23-14-18(22)21(12-6-11-20)13-15-7-2-1-3-8-15/h1-5,7-10H,6,12-14H2. The lowest BCUT2D eigenvalue weighted by atomic mass is 10.2. The molecule has 0 fully saturated rings. The number of benzene rings is 2. The van der Waals surface area contributed by atoms with E-state index in [2.05, 4.69) is 6.07 Å². The highest BCUT2D eigenvalue weighted by Gasteiger charge is 2.15. The van der Waals surface area contributed by atoms with E-state index in [-0.39, 0.29) is 18.9 Å². The number of para-hydroxylation sites is 1. The number of nitriles is 1. The number of halogens is 1. The molecule has 0 aliphatic heterocycles. The Hall–Kier alpha value is -2.51. The van der Waals surface area contributed by atoms with E-state index in [9.17, 15) is 4.79 Å². The fraction of sp³-hybridized carbons (Fsp3) is 0.222. The van der Waals surface area contributed by atoms with Crippen molar-refractivity contribution in [3.8, 4) is 11.8 Å². The van der Waals surface area contributed by atoms with E-state index in [4.69, 9.17) is 21.6 Å². The molecule has 0 N–H and O–H groups in total. The molecule has 0 bridgehead atoms. The van der Waals surface area contributed by atoms with Crippen molar-refractivity contribution in [1.29, 1.82) is 5.26 Å². The van der Waals surface area contributed by atoms with Gasteiger partial charge in [0.1, 0.15) is 5.75 Å². The topological polar surface area (TPSA) is 53.3 Å². The lowest BCUT2D eigenvalue weighted by Gasteiger charge is -2.22. The molecule has 0 radical (unpaired) electrons. The van der Waals surface area contributed by atoms with Crippen LogP contribution in [-0.2, 0) is 11.3 Å². The predicted octanol–water partition coefficient (Wildman–Crippen LogP) is 3.66. The highest BCUT2D eigenvalue weighted by molar-refractivity contribution is 6.32. The lowest BCUT2D eigenvalue weighted by molar-refractivity contribution is -0.133. The molecule has 0 aliphatic carbocycles. The Kier molecular flexibility index (Phi) is 6.46. The maximum Gasteiger partial charge on any atom is 0.260 e. The van der Waals surface area contributed by atoms with Gasteiger partial charge in [0, 0.05) is 13.1 Å². The average molecular weight is 329 g/mol. The van der Waals surface area contributed by atoms with Crippen LogP contribution < -0.4 is 4.74 Å². The van der Waals surface area contributed by atoms with Crippen molar-refractivity contribution in [2.24, 2.45) is 0 Å². The van der Waals surface area contributed by atoms with Crippen LogP contribution in [0.5, 0.6) is 5.75 Å². The molecule has 2 aromatic rings. The monoisotopic (exact) mass is 328 g/mol.